The van der Waals surface area contributed by atoms with Crippen LogP contribution in [-0.4, -0.2) is 11.7 Å². The molecule has 0 radical (unpaired) electrons. The first kappa shape index (κ1) is 7.80. The maximum atomic E-state index is 5.25. The molecular weight excluding hydrogens is 152 g/mol. The highest BCUT2D eigenvalue weighted by Gasteiger charge is 2.17. The first-order chi connectivity index (χ1) is 5.92. The van der Waals surface area contributed by atoms with Gasteiger partial charge in [-0.1, -0.05) is 18.5 Å². The van der Waals surface area contributed by atoms with E-state index in [0.717, 1.165) is 43.8 Å². The Balaban J connectivity index is 2.25. The first-order valence-electron chi connectivity index (χ1n) is 4.59. The molecule has 0 spiro atoms. The Morgan fingerprint density at radius 2 is 2.50 bits per heavy atom. The molecule has 0 bridgehead atoms. The minimum Gasteiger partial charge on any atom is -0.361 e. The van der Waals surface area contributed by atoms with Crippen molar-refractivity contribution in [2.24, 2.45) is 0 Å². The predicted molar refractivity (Wildman–Crippen MR) is 45.9 cm³/mol. The molecule has 2 rings (SSSR count). The normalized spacial score (nSPS) is 16.1. The van der Waals surface area contributed by atoms with E-state index in [1.807, 2.05) is 0 Å². The van der Waals surface area contributed by atoms with E-state index < -0.39 is 0 Å². The summed E-state index contributed by atoms with van der Waals surface area (Å²) in [5, 5.41) is 7.40. The van der Waals surface area contributed by atoms with Gasteiger partial charge >= 0.3 is 0 Å². The zero-order valence-corrected chi connectivity index (χ0v) is 7.39. The van der Waals surface area contributed by atoms with Gasteiger partial charge in [-0.15, -0.1) is 0 Å². The summed E-state index contributed by atoms with van der Waals surface area (Å²) in [6.07, 6.45) is 3.17. The summed E-state index contributed by atoms with van der Waals surface area (Å²) in [7, 11) is 0. The van der Waals surface area contributed by atoms with Gasteiger partial charge in [0.1, 0.15) is 5.76 Å². The van der Waals surface area contributed by atoms with Crippen LogP contribution in [0.4, 0.5) is 0 Å². The second kappa shape index (κ2) is 3.27. The van der Waals surface area contributed by atoms with Gasteiger partial charge in [-0.05, 0) is 6.42 Å². The molecule has 0 amide bonds. The monoisotopic (exact) mass is 166 g/mol. The highest BCUT2D eigenvalue weighted by Crippen LogP contribution is 2.18. The lowest BCUT2D eigenvalue weighted by atomic mass is 10.1. The van der Waals surface area contributed by atoms with Crippen LogP contribution in [0.1, 0.15) is 30.4 Å². The van der Waals surface area contributed by atoms with Crippen LogP contribution in [0.2, 0.25) is 0 Å². The van der Waals surface area contributed by atoms with Crippen LogP contribution >= 0.6 is 0 Å². The van der Waals surface area contributed by atoms with Crippen LogP contribution < -0.4 is 5.32 Å². The molecular formula is C9H14N2O. The minimum absolute atomic E-state index is 0.939. The number of hydrogen-bond donors (Lipinski definition) is 1. The van der Waals surface area contributed by atoms with Crippen molar-refractivity contribution in [2.45, 2.75) is 32.7 Å². The second-order valence-corrected chi connectivity index (χ2v) is 3.21. The van der Waals surface area contributed by atoms with Crippen molar-refractivity contribution >= 4 is 0 Å². The lowest BCUT2D eigenvalue weighted by molar-refractivity contribution is 0.368. The van der Waals surface area contributed by atoms with E-state index in [0.29, 0.717) is 0 Å². The van der Waals surface area contributed by atoms with Crippen molar-refractivity contribution in [1.82, 2.24) is 10.5 Å². The van der Waals surface area contributed by atoms with E-state index in [9.17, 15) is 0 Å². The zero-order chi connectivity index (χ0) is 8.39. The first-order valence-corrected chi connectivity index (χ1v) is 4.59. The molecule has 3 heteroatoms. The molecule has 1 N–H and O–H groups in total. The summed E-state index contributed by atoms with van der Waals surface area (Å²) in [6, 6.07) is 0. The number of nitrogens with one attached hydrogen (secondary N) is 1. The van der Waals surface area contributed by atoms with Crippen molar-refractivity contribution < 1.29 is 4.52 Å². The molecule has 1 aromatic rings. The molecule has 3 nitrogen and oxygen atoms in total. The Morgan fingerprint density at radius 3 is 3.33 bits per heavy atom. The van der Waals surface area contributed by atoms with Gasteiger partial charge in [0, 0.05) is 25.1 Å². The van der Waals surface area contributed by atoms with Crippen molar-refractivity contribution in [3.8, 4) is 0 Å². The Hall–Kier alpha value is -0.830. The molecule has 1 aliphatic heterocycles. The molecule has 1 aliphatic rings. The largest absolute Gasteiger partial charge is 0.361 e. The third-order valence-electron chi connectivity index (χ3n) is 2.27. The van der Waals surface area contributed by atoms with E-state index in [2.05, 4.69) is 17.4 Å². The smallest absolute Gasteiger partial charge is 0.142 e. The molecule has 12 heavy (non-hydrogen) atoms. The maximum absolute atomic E-state index is 5.25. The summed E-state index contributed by atoms with van der Waals surface area (Å²) in [5.74, 6) is 1.09. The minimum atomic E-state index is 0.939. The lowest BCUT2D eigenvalue weighted by Gasteiger charge is -2.10. The van der Waals surface area contributed by atoms with Gasteiger partial charge in [0.25, 0.3) is 0 Å². The second-order valence-electron chi connectivity index (χ2n) is 3.21. The molecule has 0 atom stereocenters. The number of fused-ring (bicyclic) bond motifs is 1. The average Bonchev–Trinajstić information content (AvgIpc) is 2.50. The van der Waals surface area contributed by atoms with Gasteiger partial charge < -0.3 is 9.84 Å². The number of nitrogens with zero attached hydrogens (tertiary/aromatic N) is 1. The van der Waals surface area contributed by atoms with Crippen LogP contribution in [-0.2, 0) is 19.4 Å². The summed E-state index contributed by atoms with van der Waals surface area (Å²) in [5.41, 5.74) is 2.46. The van der Waals surface area contributed by atoms with Crippen LogP contribution in [0.3, 0.4) is 0 Å². The van der Waals surface area contributed by atoms with Crippen LogP contribution in [0, 0.1) is 0 Å². The molecule has 2 heterocycles. The van der Waals surface area contributed by atoms with Crippen LogP contribution in [0.15, 0.2) is 4.52 Å². The third kappa shape index (κ3) is 1.25. The van der Waals surface area contributed by atoms with Crippen molar-refractivity contribution in [3.05, 3.63) is 17.0 Å². The predicted octanol–water partition coefficient (Wildman–Crippen LogP) is 1.27. The van der Waals surface area contributed by atoms with E-state index in [1.165, 1.54) is 5.56 Å². The Bertz CT molecular complexity index is 267. The fourth-order valence-corrected chi connectivity index (χ4v) is 1.63. The molecule has 0 fully saturated rings. The third-order valence-corrected chi connectivity index (χ3v) is 2.27. The zero-order valence-electron chi connectivity index (χ0n) is 7.39. The van der Waals surface area contributed by atoms with Crippen molar-refractivity contribution in [2.75, 3.05) is 6.54 Å². The Kier molecular flexibility index (Phi) is 2.13. The summed E-state index contributed by atoms with van der Waals surface area (Å²) < 4.78 is 5.25. The van der Waals surface area contributed by atoms with Gasteiger partial charge in [0.05, 0.1) is 5.69 Å². The topological polar surface area (TPSA) is 38.1 Å². The standard InChI is InChI=1S/C9H14N2O/c1-2-3-8-7-6-10-5-4-9(7)12-11-8/h10H,2-6H2,1H3. The van der Waals surface area contributed by atoms with E-state index in [1.54, 1.807) is 0 Å². The average molecular weight is 166 g/mol. The summed E-state index contributed by atoms with van der Waals surface area (Å²) >= 11 is 0. The van der Waals surface area contributed by atoms with Crippen LogP contribution in [0.5, 0.6) is 0 Å². The summed E-state index contributed by atoms with van der Waals surface area (Å²) in [4.78, 5) is 0. The Labute approximate surface area is 72.1 Å². The quantitative estimate of drug-likeness (QED) is 0.719. The molecule has 66 valence electrons. The molecule has 0 aliphatic carbocycles. The van der Waals surface area contributed by atoms with Gasteiger partial charge in [-0.2, -0.15) is 0 Å². The summed E-state index contributed by atoms with van der Waals surface area (Å²) in [6.45, 7) is 4.12. The molecule has 1 aromatic heterocycles. The van der Waals surface area contributed by atoms with Gasteiger partial charge in [0.15, 0.2) is 0 Å². The SMILES string of the molecule is CCCc1noc2c1CNCC2. The van der Waals surface area contributed by atoms with Gasteiger partial charge in [0.2, 0.25) is 0 Å². The fraction of sp³-hybridized carbons (Fsp3) is 0.667. The molecule has 0 unspecified atom stereocenters. The molecule has 0 saturated carbocycles. The number of hydrogen-bond acceptors (Lipinski definition) is 3. The van der Waals surface area contributed by atoms with Crippen LogP contribution in [0.25, 0.3) is 0 Å². The lowest BCUT2D eigenvalue weighted by Crippen LogP contribution is -2.23. The highest BCUT2D eigenvalue weighted by molar-refractivity contribution is 5.25. The number of aryl methyl sites for hydroxylation is 1. The Morgan fingerprint density at radius 1 is 1.58 bits per heavy atom. The number of rotatable bonds is 2. The molecule has 0 aromatic carbocycles. The van der Waals surface area contributed by atoms with Crippen molar-refractivity contribution in [1.29, 1.82) is 0 Å². The van der Waals surface area contributed by atoms with E-state index in [-0.39, 0.29) is 0 Å². The van der Waals surface area contributed by atoms with E-state index in [4.69, 9.17) is 4.52 Å². The maximum Gasteiger partial charge on any atom is 0.142 e. The highest BCUT2D eigenvalue weighted by atomic mass is 16.5. The molecule has 0 saturated heterocycles. The number of aromatic nitrogens is 1. The van der Waals surface area contributed by atoms with E-state index >= 15 is 0 Å². The fourth-order valence-electron chi connectivity index (χ4n) is 1.63. The van der Waals surface area contributed by atoms with Gasteiger partial charge in [-0.3, -0.25) is 0 Å². The van der Waals surface area contributed by atoms with Crippen molar-refractivity contribution in [3.63, 3.8) is 0 Å². The van der Waals surface area contributed by atoms with Gasteiger partial charge in [-0.25, -0.2) is 0 Å².